The Balaban J connectivity index is 1.90. The molecule has 0 saturated carbocycles. The van der Waals surface area contributed by atoms with Gasteiger partial charge in [-0.2, -0.15) is 4.98 Å². The average Bonchev–Trinajstić information content (AvgIpc) is 2.81. The van der Waals surface area contributed by atoms with E-state index in [4.69, 9.17) is 19.9 Å². The molecule has 2 N–H and O–H groups in total. The van der Waals surface area contributed by atoms with Gasteiger partial charge in [0.2, 0.25) is 11.8 Å². The minimum Gasteiger partial charge on any atom is -0.481 e. The highest BCUT2D eigenvalue weighted by atomic mass is 16.5. The molecule has 2 rings (SSSR count). The molecule has 0 aliphatic carbocycles. The van der Waals surface area contributed by atoms with Crippen LogP contribution in [-0.4, -0.2) is 48.6 Å². The lowest BCUT2D eigenvalue weighted by molar-refractivity contribution is 0.0684. The van der Waals surface area contributed by atoms with Gasteiger partial charge < -0.3 is 19.9 Å². The van der Waals surface area contributed by atoms with Crippen LogP contribution in [0.15, 0.2) is 12.1 Å². The van der Waals surface area contributed by atoms with Crippen molar-refractivity contribution in [3.05, 3.63) is 12.1 Å². The van der Waals surface area contributed by atoms with E-state index in [1.54, 1.807) is 20.3 Å². The Bertz CT molecular complexity index is 571. The van der Waals surface area contributed by atoms with Crippen molar-refractivity contribution in [2.45, 2.75) is 19.4 Å². The summed E-state index contributed by atoms with van der Waals surface area (Å²) in [6.07, 6.45) is 1.90. The first kappa shape index (κ1) is 15.5. The van der Waals surface area contributed by atoms with E-state index in [1.165, 1.54) is 0 Å². The monoisotopic (exact) mass is 294 g/mol. The van der Waals surface area contributed by atoms with Crippen molar-refractivity contribution in [2.75, 3.05) is 39.8 Å². The van der Waals surface area contributed by atoms with E-state index in [2.05, 4.69) is 9.97 Å². The lowest BCUT2D eigenvalue weighted by Crippen LogP contribution is -2.07. The number of nitrogens with two attached hydrogens (primary N) is 1. The van der Waals surface area contributed by atoms with E-state index in [1.807, 2.05) is 10.6 Å². The van der Waals surface area contributed by atoms with Gasteiger partial charge in [-0.15, -0.1) is 0 Å². The Kier molecular flexibility index (Phi) is 5.77. The number of fused-ring (bicyclic) bond motifs is 1. The minimum atomic E-state index is 0.478. The Morgan fingerprint density at radius 2 is 1.95 bits per heavy atom. The third-order valence-corrected chi connectivity index (χ3v) is 3.16. The van der Waals surface area contributed by atoms with Gasteiger partial charge in [0.1, 0.15) is 5.52 Å². The SMILES string of the molecule is COCCOCCCCn1c(N)nc2ccc(OC)nc21. The van der Waals surface area contributed by atoms with Gasteiger partial charge >= 0.3 is 0 Å². The first-order valence-corrected chi connectivity index (χ1v) is 6.99. The van der Waals surface area contributed by atoms with E-state index in [-0.39, 0.29) is 0 Å². The number of aryl methyl sites for hydroxylation is 1. The van der Waals surface area contributed by atoms with Crippen LogP contribution in [0.3, 0.4) is 0 Å². The van der Waals surface area contributed by atoms with Crippen LogP contribution >= 0.6 is 0 Å². The normalized spacial score (nSPS) is 11.1. The van der Waals surface area contributed by atoms with Crippen LogP contribution in [0, 0.1) is 0 Å². The van der Waals surface area contributed by atoms with Crippen molar-refractivity contribution in [1.29, 1.82) is 0 Å². The number of methoxy groups -OCH3 is 2. The van der Waals surface area contributed by atoms with Crippen LogP contribution in [0.5, 0.6) is 5.88 Å². The van der Waals surface area contributed by atoms with Gasteiger partial charge in [0.15, 0.2) is 5.65 Å². The maximum absolute atomic E-state index is 5.95. The first-order valence-electron chi connectivity index (χ1n) is 6.99. The molecule has 2 aromatic rings. The average molecular weight is 294 g/mol. The van der Waals surface area contributed by atoms with Gasteiger partial charge in [-0.05, 0) is 18.9 Å². The van der Waals surface area contributed by atoms with Crippen LogP contribution < -0.4 is 10.5 Å². The first-order chi connectivity index (χ1) is 10.3. The molecule has 2 aromatic heterocycles. The Labute approximate surface area is 124 Å². The molecule has 0 bridgehead atoms. The Morgan fingerprint density at radius 1 is 1.10 bits per heavy atom. The van der Waals surface area contributed by atoms with Gasteiger partial charge in [0, 0.05) is 26.3 Å². The highest BCUT2D eigenvalue weighted by Crippen LogP contribution is 2.19. The molecular formula is C14H22N4O3. The van der Waals surface area contributed by atoms with Crippen LogP contribution in [0.4, 0.5) is 5.95 Å². The number of imidazole rings is 1. The number of nitrogens with zero attached hydrogens (tertiary/aromatic N) is 3. The fourth-order valence-electron chi connectivity index (χ4n) is 2.05. The summed E-state index contributed by atoms with van der Waals surface area (Å²) in [5.74, 6) is 1.04. The second-order valence-electron chi connectivity index (χ2n) is 4.63. The predicted octanol–water partition coefficient (Wildman–Crippen LogP) is 1.47. The third kappa shape index (κ3) is 4.05. The van der Waals surface area contributed by atoms with E-state index in [0.29, 0.717) is 31.6 Å². The molecule has 0 radical (unpaired) electrons. The molecular weight excluding hydrogens is 272 g/mol. The molecule has 2 heterocycles. The lowest BCUT2D eigenvalue weighted by atomic mass is 10.3. The van der Waals surface area contributed by atoms with E-state index < -0.39 is 0 Å². The quantitative estimate of drug-likeness (QED) is 0.705. The molecule has 0 unspecified atom stereocenters. The maximum atomic E-state index is 5.95. The fourth-order valence-corrected chi connectivity index (χ4v) is 2.05. The number of hydrogen-bond donors (Lipinski definition) is 1. The summed E-state index contributed by atoms with van der Waals surface area (Å²) < 4.78 is 17.4. The molecule has 0 aromatic carbocycles. The maximum Gasteiger partial charge on any atom is 0.215 e. The topological polar surface area (TPSA) is 84.4 Å². The summed E-state index contributed by atoms with van der Waals surface area (Å²) in [7, 11) is 3.26. The number of ether oxygens (including phenoxy) is 3. The number of nitrogen functional groups attached to an aromatic ring is 1. The standard InChI is InChI=1S/C14H22N4O3/c1-19-9-10-21-8-4-3-7-18-13-11(16-14(18)15)5-6-12(17-13)20-2/h5-6H,3-4,7-10H2,1-2H3,(H2,15,16). The Morgan fingerprint density at radius 3 is 2.71 bits per heavy atom. The highest BCUT2D eigenvalue weighted by molar-refractivity contribution is 5.74. The van der Waals surface area contributed by atoms with Crippen LogP contribution in [0.2, 0.25) is 0 Å². The number of anilines is 1. The van der Waals surface area contributed by atoms with E-state index >= 15 is 0 Å². The number of pyridine rings is 1. The summed E-state index contributed by atoms with van der Waals surface area (Å²) in [6, 6.07) is 3.64. The molecule has 0 amide bonds. The predicted molar refractivity (Wildman–Crippen MR) is 80.4 cm³/mol. The zero-order valence-corrected chi connectivity index (χ0v) is 12.5. The number of unbranched alkanes of at least 4 members (excludes halogenated alkanes) is 1. The second-order valence-corrected chi connectivity index (χ2v) is 4.63. The largest absolute Gasteiger partial charge is 0.481 e. The van der Waals surface area contributed by atoms with Crippen LogP contribution in [0.25, 0.3) is 11.2 Å². The molecule has 0 aliphatic heterocycles. The van der Waals surface area contributed by atoms with Crippen molar-refractivity contribution >= 4 is 17.1 Å². The fraction of sp³-hybridized carbons (Fsp3) is 0.571. The van der Waals surface area contributed by atoms with Crippen LogP contribution in [-0.2, 0) is 16.0 Å². The summed E-state index contributed by atoms with van der Waals surface area (Å²) in [5.41, 5.74) is 7.49. The lowest BCUT2D eigenvalue weighted by Gasteiger charge is -2.07. The smallest absolute Gasteiger partial charge is 0.215 e. The molecule has 116 valence electrons. The summed E-state index contributed by atoms with van der Waals surface area (Å²) in [5, 5.41) is 0. The second kappa shape index (κ2) is 7.80. The van der Waals surface area contributed by atoms with Gasteiger partial charge in [0.25, 0.3) is 0 Å². The molecule has 0 aliphatic rings. The van der Waals surface area contributed by atoms with Gasteiger partial charge in [-0.25, -0.2) is 4.98 Å². The molecule has 7 heteroatoms. The van der Waals surface area contributed by atoms with Crippen molar-refractivity contribution < 1.29 is 14.2 Å². The minimum absolute atomic E-state index is 0.478. The highest BCUT2D eigenvalue weighted by Gasteiger charge is 2.10. The number of rotatable bonds is 9. The molecule has 0 fully saturated rings. The van der Waals surface area contributed by atoms with Crippen molar-refractivity contribution in [1.82, 2.24) is 14.5 Å². The summed E-state index contributed by atoms with van der Waals surface area (Å²) in [6.45, 7) is 2.73. The van der Waals surface area contributed by atoms with E-state index in [0.717, 1.165) is 30.6 Å². The van der Waals surface area contributed by atoms with Crippen molar-refractivity contribution in [2.24, 2.45) is 0 Å². The zero-order valence-electron chi connectivity index (χ0n) is 12.5. The molecule has 21 heavy (non-hydrogen) atoms. The summed E-state index contributed by atoms with van der Waals surface area (Å²) in [4.78, 5) is 8.71. The molecule has 0 saturated heterocycles. The van der Waals surface area contributed by atoms with Crippen molar-refractivity contribution in [3.63, 3.8) is 0 Å². The summed E-state index contributed by atoms with van der Waals surface area (Å²) >= 11 is 0. The number of aromatic nitrogens is 3. The molecule has 7 nitrogen and oxygen atoms in total. The van der Waals surface area contributed by atoms with Crippen LogP contribution in [0.1, 0.15) is 12.8 Å². The van der Waals surface area contributed by atoms with Gasteiger partial charge in [0.05, 0.1) is 20.3 Å². The number of hydrogen-bond acceptors (Lipinski definition) is 6. The third-order valence-electron chi connectivity index (χ3n) is 3.16. The van der Waals surface area contributed by atoms with Gasteiger partial charge in [-0.1, -0.05) is 0 Å². The van der Waals surface area contributed by atoms with Gasteiger partial charge in [-0.3, -0.25) is 4.57 Å². The zero-order chi connectivity index (χ0) is 15.1. The van der Waals surface area contributed by atoms with Crippen molar-refractivity contribution in [3.8, 4) is 5.88 Å². The molecule has 0 spiro atoms. The molecule has 0 atom stereocenters. The Hall–Kier alpha value is -1.86. The van der Waals surface area contributed by atoms with E-state index in [9.17, 15) is 0 Å².